The summed E-state index contributed by atoms with van der Waals surface area (Å²) in [6.07, 6.45) is 0.198. The molecule has 3 rings (SSSR count). The quantitative estimate of drug-likeness (QED) is 0.579. The smallest absolute Gasteiger partial charge is 0.333 e. The summed E-state index contributed by atoms with van der Waals surface area (Å²) in [5.41, 5.74) is 1.49. The molecule has 1 heterocycles. The maximum Gasteiger partial charge on any atom is 0.333 e. The van der Waals surface area contributed by atoms with Crippen LogP contribution in [-0.4, -0.2) is 49.5 Å². The molecule has 1 saturated heterocycles. The molecule has 2 aromatic carbocycles. The van der Waals surface area contributed by atoms with E-state index in [0.717, 1.165) is 5.56 Å². The number of esters is 1. The van der Waals surface area contributed by atoms with E-state index in [2.05, 4.69) is 5.32 Å². The number of nitrogens with one attached hydrogen (secondary N) is 1. The molecule has 0 saturated carbocycles. The molecule has 1 aliphatic heterocycles. The van der Waals surface area contributed by atoms with Crippen molar-refractivity contribution >= 4 is 17.8 Å². The first-order chi connectivity index (χ1) is 13.5. The van der Waals surface area contributed by atoms with Crippen molar-refractivity contribution in [1.29, 1.82) is 0 Å². The highest BCUT2D eigenvalue weighted by Crippen LogP contribution is 2.29. The lowest BCUT2D eigenvalue weighted by Crippen LogP contribution is -2.65. The van der Waals surface area contributed by atoms with E-state index in [-0.39, 0.29) is 24.8 Å². The summed E-state index contributed by atoms with van der Waals surface area (Å²) < 4.78 is 10.00. The zero-order chi connectivity index (χ0) is 20.1. The van der Waals surface area contributed by atoms with Crippen LogP contribution in [0.4, 0.5) is 0 Å². The van der Waals surface area contributed by atoms with Crippen LogP contribution in [0.15, 0.2) is 54.6 Å². The number of carbonyl (C=O) groups excluding carboxylic acids is 3. The number of nitrogens with zero attached hydrogens (tertiary/aromatic N) is 1. The molecule has 2 unspecified atom stereocenters. The Bertz CT molecular complexity index is 851. The van der Waals surface area contributed by atoms with Gasteiger partial charge in [-0.15, -0.1) is 0 Å². The van der Waals surface area contributed by atoms with Gasteiger partial charge in [0.1, 0.15) is 11.8 Å². The van der Waals surface area contributed by atoms with Crippen molar-refractivity contribution in [2.75, 3.05) is 20.8 Å². The molecule has 0 aliphatic carbocycles. The van der Waals surface area contributed by atoms with E-state index in [1.165, 1.54) is 12.0 Å². The fourth-order valence-corrected chi connectivity index (χ4v) is 3.16. The van der Waals surface area contributed by atoms with Crippen molar-refractivity contribution in [2.45, 2.75) is 18.5 Å². The number of likely N-dealkylation sites (tertiary alicyclic amines) is 1. The third-order valence-electron chi connectivity index (χ3n) is 4.67. The Morgan fingerprint density at radius 2 is 1.79 bits per heavy atom. The van der Waals surface area contributed by atoms with E-state index in [0.29, 0.717) is 11.3 Å². The van der Waals surface area contributed by atoms with Crippen LogP contribution >= 0.6 is 0 Å². The van der Waals surface area contributed by atoms with Gasteiger partial charge in [-0.05, 0) is 23.3 Å². The van der Waals surface area contributed by atoms with E-state index in [1.54, 1.807) is 31.4 Å². The Hall–Kier alpha value is -3.35. The number of ether oxygens (including phenoxy) is 2. The summed E-state index contributed by atoms with van der Waals surface area (Å²) in [5, 5.41) is 2.72. The van der Waals surface area contributed by atoms with Gasteiger partial charge < -0.3 is 19.7 Å². The fourth-order valence-electron chi connectivity index (χ4n) is 3.16. The molecular formula is C21H22N2O5. The summed E-state index contributed by atoms with van der Waals surface area (Å²) in [7, 11) is 2.83. The highest BCUT2D eigenvalue weighted by molar-refractivity contribution is 5.96. The van der Waals surface area contributed by atoms with Crippen molar-refractivity contribution in [3.8, 4) is 5.75 Å². The highest BCUT2D eigenvalue weighted by atomic mass is 16.5. The molecule has 1 fully saturated rings. The van der Waals surface area contributed by atoms with Crippen LogP contribution in [0.1, 0.15) is 17.2 Å². The van der Waals surface area contributed by atoms with Gasteiger partial charge in [0.05, 0.1) is 27.2 Å². The number of methoxy groups -OCH3 is 2. The molecule has 7 nitrogen and oxygen atoms in total. The second-order valence-electron chi connectivity index (χ2n) is 6.47. The number of amides is 2. The first-order valence-corrected chi connectivity index (χ1v) is 8.89. The van der Waals surface area contributed by atoms with E-state index in [1.807, 2.05) is 30.3 Å². The summed E-state index contributed by atoms with van der Waals surface area (Å²) in [6.45, 7) is 0.241. The van der Waals surface area contributed by atoms with Gasteiger partial charge in [-0.3, -0.25) is 9.59 Å². The second-order valence-corrected chi connectivity index (χ2v) is 6.47. The molecule has 0 spiro atoms. The highest BCUT2D eigenvalue weighted by Gasteiger charge is 2.45. The number of carbonyl (C=O) groups is 3. The molecule has 1 aliphatic rings. The molecule has 2 aromatic rings. The van der Waals surface area contributed by atoms with Crippen LogP contribution in [0.5, 0.6) is 5.75 Å². The van der Waals surface area contributed by atoms with E-state index in [4.69, 9.17) is 9.47 Å². The Balaban J connectivity index is 1.65. The number of rotatable bonds is 7. The number of β-lactam (4-membered cyclic amide) rings is 1. The van der Waals surface area contributed by atoms with Gasteiger partial charge in [-0.25, -0.2) is 4.79 Å². The van der Waals surface area contributed by atoms with Crippen LogP contribution in [0.3, 0.4) is 0 Å². The van der Waals surface area contributed by atoms with Crippen molar-refractivity contribution < 1.29 is 23.9 Å². The Morgan fingerprint density at radius 1 is 1.11 bits per heavy atom. The normalized spacial score (nSPS) is 16.7. The summed E-state index contributed by atoms with van der Waals surface area (Å²) in [5.74, 6) is -0.433. The van der Waals surface area contributed by atoms with Gasteiger partial charge >= 0.3 is 5.97 Å². The van der Waals surface area contributed by atoms with Gasteiger partial charge in [-0.1, -0.05) is 42.5 Å². The zero-order valence-corrected chi connectivity index (χ0v) is 15.8. The standard InChI is InChI=1S/C21H22N2O5/c1-27-16-10-8-15(9-11-16)19(21(26)28-2)23-13-17(20(23)25)22-18(24)12-14-6-4-3-5-7-14/h3-11,17,19H,12-13H2,1-2H3,(H,22,24). The maximum atomic E-state index is 12.6. The van der Waals surface area contributed by atoms with Crippen LogP contribution in [0, 0.1) is 0 Å². The van der Waals surface area contributed by atoms with E-state index < -0.39 is 18.1 Å². The van der Waals surface area contributed by atoms with E-state index >= 15 is 0 Å². The lowest BCUT2D eigenvalue weighted by Gasteiger charge is -2.42. The molecular weight excluding hydrogens is 360 g/mol. The number of benzene rings is 2. The minimum absolute atomic E-state index is 0.198. The van der Waals surface area contributed by atoms with Crippen molar-refractivity contribution in [3.63, 3.8) is 0 Å². The third kappa shape index (κ3) is 4.14. The van der Waals surface area contributed by atoms with Gasteiger partial charge in [0.2, 0.25) is 11.8 Å². The molecule has 28 heavy (non-hydrogen) atoms. The Labute approximate surface area is 163 Å². The van der Waals surface area contributed by atoms with Gasteiger partial charge in [0.15, 0.2) is 6.04 Å². The van der Waals surface area contributed by atoms with Gasteiger partial charge in [-0.2, -0.15) is 0 Å². The average Bonchev–Trinajstić information content (AvgIpc) is 2.73. The molecule has 146 valence electrons. The summed E-state index contributed by atoms with van der Waals surface area (Å²) >= 11 is 0. The van der Waals surface area contributed by atoms with E-state index in [9.17, 15) is 14.4 Å². The van der Waals surface area contributed by atoms with Crippen LogP contribution in [0.25, 0.3) is 0 Å². The predicted molar refractivity (Wildman–Crippen MR) is 102 cm³/mol. The Kier molecular flexibility index (Phi) is 5.93. The van der Waals surface area contributed by atoms with Crippen LogP contribution in [-0.2, 0) is 25.5 Å². The minimum atomic E-state index is -0.856. The topological polar surface area (TPSA) is 84.9 Å². The first-order valence-electron chi connectivity index (χ1n) is 8.89. The average molecular weight is 382 g/mol. The van der Waals surface area contributed by atoms with Crippen molar-refractivity contribution in [2.24, 2.45) is 0 Å². The van der Waals surface area contributed by atoms with Crippen molar-refractivity contribution in [1.82, 2.24) is 10.2 Å². The Morgan fingerprint density at radius 3 is 2.36 bits per heavy atom. The molecule has 0 radical (unpaired) electrons. The molecule has 0 bridgehead atoms. The maximum absolute atomic E-state index is 12.6. The minimum Gasteiger partial charge on any atom is -0.497 e. The predicted octanol–water partition coefficient (Wildman–Crippen LogP) is 1.48. The van der Waals surface area contributed by atoms with Crippen LogP contribution < -0.4 is 10.1 Å². The number of hydrogen-bond donors (Lipinski definition) is 1. The largest absolute Gasteiger partial charge is 0.497 e. The molecule has 7 heteroatoms. The SMILES string of the molecule is COC(=O)C(c1ccc(OC)cc1)N1CC(NC(=O)Cc2ccccc2)C1=O. The monoisotopic (exact) mass is 382 g/mol. The third-order valence-corrected chi connectivity index (χ3v) is 4.67. The lowest BCUT2D eigenvalue weighted by molar-refractivity contribution is -0.162. The molecule has 0 aromatic heterocycles. The second kappa shape index (κ2) is 8.56. The lowest BCUT2D eigenvalue weighted by atomic mass is 9.98. The molecule has 1 N–H and O–H groups in total. The summed E-state index contributed by atoms with van der Waals surface area (Å²) in [4.78, 5) is 38.5. The molecule has 2 amide bonds. The number of hydrogen-bond acceptors (Lipinski definition) is 5. The van der Waals surface area contributed by atoms with Crippen LogP contribution in [0.2, 0.25) is 0 Å². The first kappa shape index (κ1) is 19.4. The van der Waals surface area contributed by atoms with Crippen molar-refractivity contribution in [3.05, 3.63) is 65.7 Å². The molecule has 2 atom stereocenters. The summed E-state index contributed by atoms with van der Waals surface area (Å²) in [6, 6.07) is 14.7. The fraction of sp³-hybridized carbons (Fsp3) is 0.286. The van der Waals surface area contributed by atoms with Gasteiger partial charge in [0.25, 0.3) is 0 Å². The van der Waals surface area contributed by atoms with Gasteiger partial charge in [0, 0.05) is 0 Å². The zero-order valence-electron chi connectivity index (χ0n) is 15.8.